The van der Waals surface area contributed by atoms with Gasteiger partial charge in [0, 0.05) is 32.1 Å². The van der Waals surface area contributed by atoms with Gasteiger partial charge in [0.2, 0.25) is 0 Å². The third-order valence-corrected chi connectivity index (χ3v) is 3.86. The summed E-state index contributed by atoms with van der Waals surface area (Å²) in [6, 6.07) is 0. The number of carbonyl (C=O) groups is 4. The molecular formula is C15H22O8. The summed E-state index contributed by atoms with van der Waals surface area (Å²) in [6.45, 7) is 2.51. The molecule has 130 valence electrons. The van der Waals surface area contributed by atoms with Crippen molar-refractivity contribution in [2.45, 2.75) is 45.3 Å². The highest BCUT2D eigenvalue weighted by Crippen LogP contribution is 2.41. The van der Waals surface area contributed by atoms with Crippen molar-refractivity contribution >= 4 is 23.9 Å². The SMILES string of the molecule is COC(=O)C[C@@H]1[C@@H](CC(=O)OC)[C@H](OC(C)=O)C[C@@H]1OC(C)=O. The van der Waals surface area contributed by atoms with Crippen LogP contribution in [-0.2, 0) is 38.1 Å². The van der Waals surface area contributed by atoms with Gasteiger partial charge in [-0.05, 0) is 0 Å². The fraction of sp³-hybridized carbons (Fsp3) is 0.733. The molecule has 0 aromatic rings. The lowest BCUT2D eigenvalue weighted by atomic mass is 9.88. The van der Waals surface area contributed by atoms with Gasteiger partial charge < -0.3 is 18.9 Å². The van der Waals surface area contributed by atoms with Crippen LogP contribution in [0.4, 0.5) is 0 Å². The Kier molecular flexibility index (Phi) is 6.99. The van der Waals surface area contributed by atoms with E-state index in [0.29, 0.717) is 0 Å². The van der Waals surface area contributed by atoms with Gasteiger partial charge in [0.05, 0.1) is 27.1 Å². The molecule has 0 bridgehead atoms. The van der Waals surface area contributed by atoms with Gasteiger partial charge in [-0.15, -0.1) is 0 Å². The van der Waals surface area contributed by atoms with Crippen LogP contribution in [0.15, 0.2) is 0 Å². The van der Waals surface area contributed by atoms with E-state index in [1.807, 2.05) is 0 Å². The number of ether oxygens (including phenoxy) is 4. The van der Waals surface area contributed by atoms with Crippen molar-refractivity contribution in [3.05, 3.63) is 0 Å². The Morgan fingerprint density at radius 2 is 1.13 bits per heavy atom. The first-order valence-electron chi connectivity index (χ1n) is 7.26. The van der Waals surface area contributed by atoms with Gasteiger partial charge >= 0.3 is 23.9 Å². The van der Waals surface area contributed by atoms with Crippen LogP contribution in [0.25, 0.3) is 0 Å². The van der Waals surface area contributed by atoms with Crippen molar-refractivity contribution in [2.75, 3.05) is 14.2 Å². The molecule has 0 saturated heterocycles. The third-order valence-electron chi connectivity index (χ3n) is 3.86. The number of hydrogen-bond donors (Lipinski definition) is 0. The zero-order valence-corrected chi connectivity index (χ0v) is 13.7. The van der Waals surface area contributed by atoms with Crippen molar-refractivity contribution in [3.63, 3.8) is 0 Å². The van der Waals surface area contributed by atoms with Crippen LogP contribution in [0.5, 0.6) is 0 Å². The molecule has 8 heteroatoms. The lowest BCUT2D eigenvalue weighted by Crippen LogP contribution is -2.30. The van der Waals surface area contributed by atoms with Gasteiger partial charge in [0.25, 0.3) is 0 Å². The molecule has 23 heavy (non-hydrogen) atoms. The summed E-state index contributed by atoms with van der Waals surface area (Å²) in [4.78, 5) is 45.8. The fourth-order valence-corrected chi connectivity index (χ4v) is 2.94. The minimum Gasteiger partial charge on any atom is -0.469 e. The molecule has 0 heterocycles. The molecule has 1 saturated carbocycles. The Bertz CT molecular complexity index is 430. The van der Waals surface area contributed by atoms with Crippen LogP contribution < -0.4 is 0 Å². The largest absolute Gasteiger partial charge is 0.469 e. The normalized spacial score (nSPS) is 26.3. The fourth-order valence-electron chi connectivity index (χ4n) is 2.94. The van der Waals surface area contributed by atoms with Crippen molar-refractivity contribution in [3.8, 4) is 0 Å². The van der Waals surface area contributed by atoms with Crippen molar-refractivity contribution in [1.29, 1.82) is 0 Å². The van der Waals surface area contributed by atoms with E-state index in [4.69, 9.17) is 9.47 Å². The molecule has 0 radical (unpaired) electrons. The van der Waals surface area contributed by atoms with Crippen molar-refractivity contribution < 1.29 is 38.1 Å². The molecular weight excluding hydrogens is 308 g/mol. The van der Waals surface area contributed by atoms with Crippen LogP contribution in [-0.4, -0.2) is 50.3 Å². The molecule has 0 aromatic heterocycles. The lowest BCUT2D eigenvalue weighted by Gasteiger charge is -2.24. The first kappa shape index (κ1) is 18.9. The molecule has 1 aliphatic carbocycles. The van der Waals surface area contributed by atoms with Crippen molar-refractivity contribution in [2.24, 2.45) is 11.8 Å². The summed E-state index contributed by atoms with van der Waals surface area (Å²) in [5.41, 5.74) is 0. The van der Waals surface area contributed by atoms with Gasteiger partial charge in [-0.3, -0.25) is 19.2 Å². The Morgan fingerprint density at radius 3 is 1.39 bits per heavy atom. The second-order valence-corrected chi connectivity index (χ2v) is 5.42. The summed E-state index contributed by atoms with van der Waals surface area (Å²) >= 11 is 0. The Labute approximate surface area is 134 Å². The highest BCUT2D eigenvalue weighted by atomic mass is 16.6. The van der Waals surface area contributed by atoms with E-state index in [-0.39, 0.29) is 19.3 Å². The maximum absolute atomic E-state index is 11.6. The molecule has 8 nitrogen and oxygen atoms in total. The molecule has 0 spiro atoms. The monoisotopic (exact) mass is 330 g/mol. The molecule has 0 unspecified atom stereocenters. The Hall–Kier alpha value is -2.12. The summed E-state index contributed by atoms with van der Waals surface area (Å²) in [5, 5.41) is 0. The molecule has 0 aromatic carbocycles. The topological polar surface area (TPSA) is 105 Å². The van der Waals surface area contributed by atoms with E-state index in [2.05, 4.69) is 9.47 Å². The Morgan fingerprint density at radius 1 is 0.783 bits per heavy atom. The zero-order valence-electron chi connectivity index (χ0n) is 13.7. The molecule has 1 rings (SSSR count). The number of rotatable bonds is 6. The summed E-state index contributed by atoms with van der Waals surface area (Å²) in [6.07, 6.45) is -1.14. The minimum atomic E-state index is -0.634. The standard InChI is InChI=1S/C15H22O8/c1-8(16)22-12-7-13(23-9(2)17)11(6-15(19)21-4)10(12)5-14(18)20-3/h10-13H,5-7H2,1-4H3/t10-,11-,12-,13+/m1/s1. The van der Waals surface area contributed by atoms with Gasteiger partial charge in [-0.1, -0.05) is 0 Å². The molecule has 0 aliphatic heterocycles. The molecule has 0 amide bonds. The number of esters is 4. The molecule has 0 N–H and O–H groups in total. The predicted molar refractivity (Wildman–Crippen MR) is 76.0 cm³/mol. The van der Waals surface area contributed by atoms with E-state index in [1.165, 1.54) is 28.1 Å². The van der Waals surface area contributed by atoms with Gasteiger partial charge in [0.1, 0.15) is 12.2 Å². The zero-order chi connectivity index (χ0) is 17.6. The average molecular weight is 330 g/mol. The minimum absolute atomic E-state index is 0.0477. The maximum Gasteiger partial charge on any atom is 0.305 e. The van der Waals surface area contributed by atoms with Crippen LogP contribution in [0.3, 0.4) is 0 Å². The first-order chi connectivity index (χ1) is 10.8. The number of methoxy groups -OCH3 is 2. The van der Waals surface area contributed by atoms with E-state index in [9.17, 15) is 19.2 Å². The molecule has 1 fully saturated rings. The second kappa shape index (κ2) is 8.50. The quantitative estimate of drug-likeness (QED) is 0.515. The van der Waals surface area contributed by atoms with Crippen LogP contribution in [0, 0.1) is 11.8 Å². The number of hydrogen-bond acceptors (Lipinski definition) is 8. The third kappa shape index (κ3) is 5.54. The smallest absolute Gasteiger partial charge is 0.305 e. The second-order valence-electron chi connectivity index (χ2n) is 5.42. The summed E-state index contributed by atoms with van der Waals surface area (Å²) in [5.74, 6) is -2.99. The van der Waals surface area contributed by atoms with Crippen LogP contribution >= 0.6 is 0 Å². The Balaban J connectivity index is 3.02. The van der Waals surface area contributed by atoms with Crippen LogP contribution in [0.1, 0.15) is 33.1 Å². The highest BCUT2D eigenvalue weighted by molar-refractivity contribution is 5.72. The summed E-state index contributed by atoms with van der Waals surface area (Å²) in [7, 11) is 2.49. The predicted octanol–water partition coefficient (Wildman–Crippen LogP) is 0.612. The average Bonchev–Trinajstić information content (AvgIpc) is 2.74. The van der Waals surface area contributed by atoms with Gasteiger partial charge in [0.15, 0.2) is 0 Å². The van der Waals surface area contributed by atoms with Crippen molar-refractivity contribution in [1.82, 2.24) is 0 Å². The van der Waals surface area contributed by atoms with Gasteiger partial charge in [-0.2, -0.15) is 0 Å². The number of carbonyl (C=O) groups excluding carboxylic acids is 4. The lowest BCUT2D eigenvalue weighted by molar-refractivity contribution is -0.154. The van der Waals surface area contributed by atoms with E-state index >= 15 is 0 Å². The first-order valence-corrected chi connectivity index (χ1v) is 7.26. The van der Waals surface area contributed by atoms with Crippen LogP contribution in [0.2, 0.25) is 0 Å². The summed E-state index contributed by atoms with van der Waals surface area (Å²) < 4.78 is 19.8. The van der Waals surface area contributed by atoms with Gasteiger partial charge in [-0.25, -0.2) is 0 Å². The maximum atomic E-state index is 11.6. The van der Waals surface area contributed by atoms with E-state index in [1.54, 1.807) is 0 Å². The highest BCUT2D eigenvalue weighted by Gasteiger charge is 2.48. The van der Waals surface area contributed by atoms with E-state index < -0.39 is 47.9 Å². The molecule has 1 aliphatic rings. The van der Waals surface area contributed by atoms with E-state index in [0.717, 1.165) is 0 Å². The molecule has 4 atom stereocenters.